The van der Waals surface area contributed by atoms with Crippen LogP contribution in [0.15, 0.2) is 51.7 Å². The molecule has 0 unspecified atom stereocenters. The zero-order valence-corrected chi connectivity index (χ0v) is 15.6. The fraction of sp³-hybridized carbons (Fsp3) is 0.250. The maximum atomic E-state index is 12.1. The highest BCUT2D eigenvalue weighted by atomic mass is 16.7. The van der Waals surface area contributed by atoms with Gasteiger partial charge in [-0.25, -0.2) is 4.79 Å². The predicted octanol–water partition coefficient (Wildman–Crippen LogP) is 3.56. The van der Waals surface area contributed by atoms with Gasteiger partial charge in [-0.1, -0.05) is 0 Å². The van der Waals surface area contributed by atoms with Crippen molar-refractivity contribution in [3.05, 3.63) is 52.9 Å². The van der Waals surface area contributed by atoms with Crippen LogP contribution < -0.4 is 24.7 Å². The van der Waals surface area contributed by atoms with Crippen LogP contribution in [-0.4, -0.2) is 35.2 Å². The van der Waals surface area contributed by atoms with Crippen molar-refractivity contribution in [3.63, 3.8) is 0 Å². The van der Waals surface area contributed by atoms with E-state index in [1.165, 1.54) is 6.07 Å². The second kappa shape index (κ2) is 8.01. The van der Waals surface area contributed by atoms with Gasteiger partial charge in [0.2, 0.25) is 0 Å². The maximum absolute atomic E-state index is 12.1. The van der Waals surface area contributed by atoms with E-state index < -0.39 is 5.63 Å². The second-order valence-electron chi connectivity index (χ2n) is 5.76. The first-order valence-corrected chi connectivity index (χ1v) is 8.22. The number of hydrogen-bond donors (Lipinski definition) is 0. The molecular formula is C20H21NO6. The summed E-state index contributed by atoms with van der Waals surface area (Å²) >= 11 is 0. The van der Waals surface area contributed by atoms with E-state index >= 15 is 0 Å². The first-order chi connectivity index (χ1) is 13.1. The Morgan fingerprint density at radius 3 is 2.48 bits per heavy atom. The molecule has 3 rings (SSSR count). The Kier molecular flexibility index (Phi) is 5.52. The molecule has 0 N–H and O–H groups in total. The molecule has 2 aromatic carbocycles. The lowest BCUT2D eigenvalue weighted by atomic mass is 10.1. The molecule has 0 aliphatic carbocycles. The van der Waals surface area contributed by atoms with Gasteiger partial charge in [-0.2, -0.15) is 0 Å². The van der Waals surface area contributed by atoms with Crippen LogP contribution in [0.4, 0.5) is 11.4 Å². The average Bonchev–Trinajstić information content (AvgIpc) is 2.70. The van der Waals surface area contributed by atoms with E-state index in [1.807, 2.05) is 36.2 Å². The molecule has 0 aliphatic heterocycles. The Hall–Kier alpha value is -3.19. The third-order valence-corrected chi connectivity index (χ3v) is 4.16. The highest BCUT2D eigenvalue weighted by Gasteiger charge is 2.15. The number of methoxy groups -OCH3 is 3. The normalized spacial score (nSPS) is 10.7. The summed E-state index contributed by atoms with van der Waals surface area (Å²) < 4.78 is 26.4. The number of hydrogen-bond acceptors (Lipinski definition) is 7. The number of benzene rings is 2. The van der Waals surface area contributed by atoms with Crippen LogP contribution in [0.2, 0.25) is 0 Å². The molecule has 0 fully saturated rings. The van der Waals surface area contributed by atoms with E-state index in [9.17, 15) is 4.79 Å². The van der Waals surface area contributed by atoms with E-state index in [4.69, 9.17) is 23.4 Å². The Labute approximate surface area is 156 Å². The molecule has 1 aromatic heterocycles. The minimum atomic E-state index is -0.443. The summed E-state index contributed by atoms with van der Waals surface area (Å²) in [4.78, 5) is 13.9. The van der Waals surface area contributed by atoms with Crippen molar-refractivity contribution >= 4 is 22.3 Å². The number of rotatable bonds is 7. The predicted molar refractivity (Wildman–Crippen MR) is 103 cm³/mol. The van der Waals surface area contributed by atoms with Crippen LogP contribution in [0.5, 0.6) is 17.2 Å². The molecule has 0 aliphatic rings. The molecule has 142 valence electrons. The summed E-state index contributed by atoms with van der Waals surface area (Å²) in [7, 11) is 6.54. The van der Waals surface area contributed by atoms with Crippen molar-refractivity contribution in [1.82, 2.24) is 0 Å². The fourth-order valence-electron chi connectivity index (χ4n) is 2.78. The average molecular weight is 371 g/mol. The molecule has 0 saturated heterocycles. The van der Waals surface area contributed by atoms with Gasteiger partial charge in [0.25, 0.3) is 0 Å². The molecule has 3 aromatic rings. The number of fused-ring (bicyclic) bond motifs is 1. The van der Waals surface area contributed by atoms with Gasteiger partial charge in [-0.15, -0.1) is 0 Å². The molecule has 7 heteroatoms. The summed E-state index contributed by atoms with van der Waals surface area (Å²) in [6.07, 6.45) is 0. The number of anilines is 2. The van der Waals surface area contributed by atoms with Crippen molar-refractivity contribution in [2.24, 2.45) is 0 Å². The Balaban J connectivity index is 2.07. The highest BCUT2D eigenvalue weighted by molar-refractivity contribution is 5.93. The molecule has 0 radical (unpaired) electrons. The molecule has 0 bridgehead atoms. The molecule has 0 amide bonds. The van der Waals surface area contributed by atoms with Gasteiger partial charge in [0.15, 0.2) is 18.3 Å². The largest absolute Gasteiger partial charge is 0.497 e. The Bertz CT molecular complexity index is 997. The van der Waals surface area contributed by atoms with Gasteiger partial charge in [0, 0.05) is 43.4 Å². The van der Waals surface area contributed by atoms with E-state index in [0.717, 1.165) is 11.1 Å². The second-order valence-corrected chi connectivity index (χ2v) is 5.76. The third kappa shape index (κ3) is 3.83. The summed E-state index contributed by atoms with van der Waals surface area (Å²) in [5.41, 5.74) is 1.52. The van der Waals surface area contributed by atoms with E-state index in [1.54, 1.807) is 33.5 Å². The van der Waals surface area contributed by atoms with Gasteiger partial charge < -0.3 is 28.3 Å². The lowest BCUT2D eigenvalue weighted by molar-refractivity contribution is 0.0492. The van der Waals surface area contributed by atoms with Crippen LogP contribution in [0.3, 0.4) is 0 Å². The maximum Gasteiger partial charge on any atom is 0.338 e. The van der Waals surface area contributed by atoms with Gasteiger partial charge in [-0.3, -0.25) is 0 Å². The van der Waals surface area contributed by atoms with E-state index in [2.05, 4.69) is 0 Å². The SMILES string of the molecule is COCOc1cc(N(C)c2cc(=O)oc3cc(OC)ccc23)ccc1OC. The van der Waals surface area contributed by atoms with Gasteiger partial charge in [0.1, 0.15) is 11.3 Å². The summed E-state index contributed by atoms with van der Waals surface area (Å²) in [6.45, 7) is 0.0984. The molecular weight excluding hydrogens is 350 g/mol. The van der Waals surface area contributed by atoms with Crippen LogP contribution in [-0.2, 0) is 4.74 Å². The zero-order chi connectivity index (χ0) is 19.4. The number of ether oxygens (including phenoxy) is 4. The number of nitrogens with zero attached hydrogens (tertiary/aromatic N) is 1. The third-order valence-electron chi connectivity index (χ3n) is 4.16. The van der Waals surface area contributed by atoms with Gasteiger partial charge in [0.05, 0.1) is 19.9 Å². The van der Waals surface area contributed by atoms with E-state index in [0.29, 0.717) is 28.5 Å². The minimum Gasteiger partial charge on any atom is -0.497 e. The molecule has 0 spiro atoms. The van der Waals surface area contributed by atoms with Crippen LogP contribution >= 0.6 is 0 Å². The van der Waals surface area contributed by atoms with Crippen LogP contribution in [0.25, 0.3) is 11.0 Å². The first-order valence-electron chi connectivity index (χ1n) is 8.22. The molecule has 27 heavy (non-hydrogen) atoms. The molecule has 1 heterocycles. The summed E-state index contributed by atoms with van der Waals surface area (Å²) in [5.74, 6) is 1.74. The standard InChI is InChI=1S/C20H21NO6/c1-21(13-5-8-17(25-4)19(9-13)26-12-23-2)16-11-20(22)27-18-10-14(24-3)6-7-15(16)18/h5-11H,12H2,1-4H3. The lowest BCUT2D eigenvalue weighted by Crippen LogP contribution is -2.13. The first kappa shape index (κ1) is 18.6. The highest BCUT2D eigenvalue weighted by Crippen LogP contribution is 2.36. The van der Waals surface area contributed by atoms with Gasteiger partial charge in [-0.05, 0) is 24.3 Å². The van der Waals surface area contributed by atoms with Crippen LogP contribution in [0.1, 0.15) is 0 Å². The van der Waals surface area contributed by atoms with Crippen molar-refractivity contribution in [3.8, 4) is 17.2 Å². The quantitative estimate of drug-likeness (QED) is 0.464. The van der Waals surface area contributed by atoms with E-state index in [-0.39, 0.29) is 6.79 Å². The summed E-state index contributed by atoms with van der Waals surface area (Å²) in [5, 5.41) is 0.785. The zero-order valence-electron chi connectivity index (χ0n) is 15.6. The lowest BCUT2D eigenvalue weighted by Gasteiger charge is -2.22. The minimum absolute atomic E-state index is 0.0984. The Morgan fingerprint density at radius 2 is 1.78 bits per heavy atom. The van der Waals surface area contributed by atoms with Crippen molar-refractivity contribution in [1.29, 1.82) is 0 Å². The van der Waals surface area contributed by atoms with Gasteiger partial charge >= 0.3 is 5.63 Å². The van der Waals surface area contributed by atoms with Crippen molar-refractivity contribution < 1.29 is 23.4 Å². The topological polar surface area (TPSA) is 70.4 Å². The molecule has 0 saturated carbocycles. The smallest absolute Gasteiger partial charge is 0.338 e. The molecule has 0 atom stereocenters. The summed E-state index contributed by atoms with van der Waals surface area (Å²) in [6, 6.07) is 12.3. The molecule has 7 nitrogen and oxygen atoms in total. The van der Waals surface area contributed by atoms with Crippen LogP contribution in [0, 0.1) is 0 Å². The van der Waals surface area contributed by atoms with Crippen molar-refractivity contribution in [2.45, 2.75) is 0 Å². The monoisotopic (exact) mass is 371 g/mol. The Morgan fingerprint density at radius 1 is 0.963 bits per heavy atom. The van der Waals surface area contributed by atoms with Crippen molar-refractivity contribution in [2.75, 3.05) is 40.1 Å². The fourth-order valence-corrected chi connectivity index (χ4v) is 2.78.